The highest BCUT2D eigenvalue weighted by Crippen LogP contribution is 2.38. The van der Waals surface area contributed by atoms with Crippen molar-refractivity contribution in [2.75, 3.05) is 0 Å². The molecule has 0 bridgehead atoms. The first-order valence-electron chi connectivity index (χ1n) is 6.14. The summed E-state index contributed by atoms with van der Waals surface area (Å²) in [6.07, 6.45) is 2.99. The van der Waals surface area contributed by atoms with Crippen LogP contribution in [0.15, 0.2) is 16.3 Å². The Kier molecular flexibility index (Phi) is 4.02. The molecule has 1 aliphatic rings. The van der Waals surface area contributed by atoms with Gasteiger partial charge in [-0.25, -0.2) is 13.1 Å². The molecule has 0 aliphatic heterocycles. The van der Waals surface area contributed by atoms with E-state index in [4.69, 9.17) is 18.0 Å². The molecule has 0 radical (unpaired) electrons. The molecule has 4 nitrogen and oxygen atoms in total. The van der Waals surface area contributed by atoms with Crippen LogP contribution in [0.25, 0.3) is 0 Å². The maximum Gasteiger partial charge on any atom is 0.250 e. The van der Waals surface area contributed by atoms with Gasteiger partial charge in [0.25, 0.3) is 0 Å². The van der Waals surface area contributed by atoms with Crippen LogP contribution in [-0.2, 0) is 10.0 Å². The minimum absolute atomic E-state index is 0.00659. The van der Waals surface area contributed by atoms with Crippen molar-refractivity contribution in [1.82, 2.24) is 4.72 Å². The topological polar surface area (TPSA) is 72.2 Å². The molecule has 1 saturated carbocycles. The van der Waals surface area contributed by atoms with Gasteiger partial charge in [0.15, 0.2) is 0 Å². The van der Waals surface area contributed by atoms with E-state index in [0.29, 0.717) is 4.88 Å². The number of nitrogens with one attached hydrogen (secondary N) is 1. The fraction of sp³-hybridized carbons (Fsp3) is 0.583. The highest BCUT2D eigenvalue weighted by molar-refractivity contribution is 7.91. The fourth-order valence-corrected chi connectivity index (χ4v) is 5.20. The predicted octanol–water partition coefficient (Wildman–Crippen LogP) is 2.24. The van der Waals surface area contributed by atoms with E-state index in [1.54, 1.807) is 12.1 Å². The normalized spacial score (nSPS) is 22.5. The molecular weight excluding hydrogens is 300 g/mol. The maximum absolute atomic E-state index is 12.3. The monoisotopic (exact) mass is 318 g/mol. The molecule has 2 rings (SSSR count). The van der Waals surface area contributed by atoms with Crippen molar-refractivity contribution in [2.24, 2.45) is 11.1 Å². The first kappa shape index (κ1) is 14.9. The zero-order chi connectivity index (χ0) is 14.3. The van der Waals surface area contributed by atoms with Gasteiger partial charge >= 0.3 is 0 Å². The molecule has 1 aliphatic carbocycles. The van der Waals surface area contributed by atoms with E-state index in [2.05, 4.69) is 18.6 Å². The smallest absolute Gasteiger partial charge is 0.250 e. The van der Waals surface area contributed by atoms with E-state index in [-0.39, 0.29) is 20.7 Å². The molecule has 7 heteroatoms. The van der Waals surface area contributed by atoms with E-state index in [0.717, 1.165) is 30.6 Å². The van der Waals surface area contributed by atoms with Crippen LogP contribution >= 0.6 is 23.6 Å². The molecule has 1 heterocycles. The first-order chi connectivity index (χ1) is 8.72. The summed E-state index contributed by atoms with van der Waals surface area (Å²) in [5.74, 6) is 0. The Labute approximate surface area is 123 Å². The predicted molar refractivity (Wildman–Crippen MR) is 81.9 cm³/mol. The quantitative estimate of drug-likeness (QED) is 0.835. The number of thiocarbonyl (C=S) groups is 1. The van der Waals surface area contributed by atoms with Crippen molar-refractivity contribution in [3.63, 3.8) is 0 Å². The van der Waals surface area contributed by atoms with Crippen LogP contribution in [0.2, 0.25) is 0 Å². The van der Waals surface area contributed by atoms with Crippen molar-refractivity contribution in [3.05, 3.63) is 17.0 Å². The Morgan fingerprint density at radius 3 is 2.68 bits per heavy atom. The number of rotatable bonds is 4. The highest BCUT2D eigenvalue weighted by Gasteiger charge is 2.37. The minimum Gasteiger partial charge on any atom is -0.389 e. The standard InChI is InChI=1S/C12H18N2O2S3/c1-12(2)7-3-4-9(12)14-19(15,16)10-6-5-8(18-10)11(13)17/h5-6,9,14H,3-4,7H2,1-2H3,(H2,13,17). The second kappa shape index (κ2) is 5.12. The maximum atomic E-state index is 12.3. The summed E-state index contributed by atoms with van der Waals surface area (Å²) < 4.78 is 27.7. The van der Waals surface area contributed by atoms with E-state index < -0.39 is 10.0 Å². The van der Waals surface area contributed by atoms with Crippen molar-refractivity contribution in [3.8, 4) is 0 Å². The van der Waals surface area contributed by atoms with Gasteiger partial charge in [-0.3, -0.25) is 0 Å². The lowest BCUT2D eigenvalue weighted by Gasteiger charge is -2.27. The Bertz CT molecular complexity index is 590. The Morgan fingerprint density at radius 2 is 2.21 bits per heavy atom. The largest absolute Gasteiger partial charge is 0.389 e. The summed E-state index contributed by atoms with van der Waals surface area (Å²) in [5.41, 5.74) is 5.51. The van der Waals surface area contributed by atoms with Crippen LogP contribution in [0.3, 0.4) is 0 Å². The van der Waals surface area contributed by atoms with E-state index in [9.17, 15) is 8.42 Å². The molecule has 106 valence electrons. The van der Waals surface area contributed by atoms with Crippen LogP contribution in [0.5, 0.6) is 0 Å². The molecule has 0 saturated heterocycles. The molecule has 0 aromatic carbocycles. The molecular formula is C12H18N2O2S3. The van der Waals surface area contributed by atoms with Gasteiger partial charge in [-0.2, -0.15) is 0 Å². The Morgan fingerprint density at radius 1 is 1.53 bits per heavy atom. The summed E-state index contributed by atoms with van der Waals surface area (Å²) in [4.78, 5) is 0.855. The minimum atomic E-state index is -3.47. The van der Waals surface area contributed by atoms with Crippen LogP contribution in [0.4, 0.5) is 0 Å². The molecule has 1 aromatic rings. The summed E-state index contributed by atoms with van der Waals surface area (Å²) >= 11 is 5.97. The zero-order valence-electron chi connectivity index (χ0n) is 11.0. The summed E-state index contributed by atoms with van der Waals surface area (Å²) in [7, 11) is -3.47. The van der Waals surface area contributed by atoms with Gasteiger partial charge in [0, 0.05) is 6.04 Å². The van der Waals surface area contributed by atoms with Crippen LogP contribution in [0, 0.1) is 5.41 Å². The fourth-order valence-electron chi connectivity index (χ4n) is 2.39. The Hall–Kier alpha value is -0.500. The average molecular weight is 318 g/mol. The van der Waals surface area contributed by atoms with Gasteiger partial charge in [0.05, 0.1) is 4.88 Å². The number of nitrogens with two attached hydrogens (primary N) is 1. The van der Waals surface area contributed by atoms with Gasteiger partial charge in [0.2, 0.25) is 10.0 Å². The Balaban J connectivity index is 2.20. The molecule has 0 spiro atoms. The van der Waals surface area contributed by atoms with E-state index in [1.165, 1.54) is 0 Å². The molecule has 1 fully saturated rings. The summed E-state index contributed by atoms with van der Waals surface area (Å²) in [6.45, 7) is 4.20. The van der Waals surface area contributed by atoms with Crippen LogP contribution in [0.1, 0.15) is 38.0 Å². The second-order valence-corrected chi connectivity index (χ2v) is 9.00. The van der Waals surface area contributed by atoms with Gasteiger partial charge in [-0.15, -0.1) is 11.3 Å². The third-order valence-corrected chi connectivity index (χ3v) is 7.07. The number of thiophene rings is 1. The molecule has 3 N–H and O–H groups in total. The van der Waals surface area contributed by atoms with Gasteiger partial charge in [-0.05, 0) is 30.4 Å². The zero-order valence-corrected chi connectivity index (χ0v) is 13.4. The summed E-state index contributed by atoms with van der Waals surface area (Å²) in [6, 6.07) is 3.21. The van der Waals surface area contributed by atoms with Gasteiger partial charge in [0.1, 0.15) is 9.20 Å². The third-order valence-electron chi connectivity index (χ3n) is 3.64. The first-order valence-corrected chi connectivity index (χ1v) is 8.85. The average Bonchev–Trinajstić information content (AvgIpc) is 2.86. The molecule has 19 heavy (non-hydrogen) atoms. The van der Waals surface area contributed by atoms with Crippen molar-refractivity contribution in [1.29, 1.82) is 0 Å². The lowest BCUT2D eigenvalue weighted by atomic mass is 9.88. The van der Waals surface area contributed by atoms with Crippen molar-refractivity contribution in [2.45, 2.75) is 43.4 Å². The number of sulfonamides is 1. The van der Waals surface area contributed by atoms with Crippen LogP contribution in [-0.4, -0.2) is 19.4 Å². The number of hydrogen-bond acceptors (Lipinski definition) is 4. The second-order valence-electron chi connectivity index (χ2n) is 5.54. The lowest BCUT2D eigenvalue weighted by Crippen LogP contribution is -2.41. The van der Waals surface area contributed by atoms with Crippen molar-refractivity contribution < 1.29 is 8.42 Å². The molecule has 0 amide bonds. The third kappa shape index (κ3) is 3.16. The molecule has 1 aromatic heterocycles. The van der Waals surface area contributed by atoms with Crippen LogP contribution < -0.4 is 10.5 Å². The van der Waals surface area contributed by atoms with Gasteiger partial charge < -0.3 is 5.73 Å². The van der Waals surface area contributed by atoms with Gasteiger partial charge in [-0.1, -0.05) is 32.5 Å². The highest BCUT2D eigenvalue weighted by atomic mass is 32.2. The number of hydrogen-bond donors (Lipinski definition) is 2. The van der Waals surface area contributed by atoms with Crippen molar-refractivity contribution >= 4 is 38.6 Å². The summed E-state index contributed by atoms with van der Waals surface area (Å²) in [5, 5.41) is 0. The van der Waals surface area contributed by atoms with E-state index in [1.807, 2.05) is 0 Å². The SMILES string of the molecule is CC1(C)CCCC1NS(=O)(=O)c1ccc(C(N)=S)s1. The molecule has 1 atom stereocenters. The van der Waals surface area contributed by atoms with E-state index >= 15 is 0 Å². The molecule has 1 unspecified atom stereocenters. The lowest BCUT2D eigenvalue weighted by molar-refractivity contribution is 0.313.